The number of nitrogens with zero attached hydrogens (tertiary/aromatic N) is 2. The highest BCUT2D eigenvalue weighted by Gasteiger charge is 2.36. The Balaban J connectivity index is 2.64. The molecule has 1 N–H and O–H groups in total. The molecule has 0 unspecified atom stereocenters. The van der Waals surface area contributed by atoms with Crippen LogP contribution in [0.15, 0.2) is 24.5 Å². The molecule has 1 aliphatic heterocycles. The second kappa shape index (κ2) is 2.47. The van der Waals surface area contributed by atoms with Gasteiger partial charge in [0.25, 0.3) is 5.82 Å². The van der Waals surface area contributed by atoms with Gasteiger partial charge in [0, 0.05) is 0 Å². The monoisotopic (exact) mass is 196 g/mol. The quantitative estimate of drug-likeness (QED) is 0.508. The van der Waals surface area contributed by atoms with Crippen LogP contribution in [0.25, 0.3) is 0 Å². The third-order valence-corrected chi connectivity index (χ3v) is 2.53. The third-order valence-electron chi connectivity index (χ3n) is 2.32. The molecule has 0 aliphatic carbocycles. The number of aromatic nitrogens is 1. The molecular formula is C9H11ClN3+. The Morgan fingerprint density at radius 1 is 1.46 bits per heavy atom. The number of hydrogen-bond acceptors (Lipinski definition) is 2. The number of fused-ring (bicyclic) bond motifs is 1. The highest BCUT2D eigenvalue weighted by Crippen LogP contribution is 2.38. The van der Waals surface area contributed by atoms with Gasteiger partial charge in [-0.15, -0.1) is 0 Å². The van der Waals surface area contributed by atoms with Gasteiger partial charge in [0.05, 0.1) is 14.1 Å². The summed E-state index contributed by atoms with van der Waals surface area (Å²) in [4.78, 5) is 4.27. The molecule has 13 heavy (non-hydrogen) atoms. The molecule has 0 saturated heterocycles. The van der Waals surface area contributed by atoms with E-state index < -0.39 is 0 Å². The smallest absolute Gasteiger partial charge is 0.259 e. The van der Waals surface area contributed by atoms with Crippen molar-refractivity contribution in [2.75, 3.05) is 19.4 Å². The molecule has 1 aromatic heterocycles. The fourth-order valence-corrected chi connectivity index (χ4v) is 1.52. The molecule has 0 atom stereocenters. The predicted octanol–water partition coefficient (Wildman–Crippen LogP) is 2.20. The zero-order chi connectivity index (χ0) is 9.64. The van der Waals surface area contributed by atoms with Gasteiger partial charge in [-0.2, -0.15) is 4.98 Å². The van der Waals surface area contributed by atoms with Crippen LogP contribution in [0.5, 0.6) is 0 Å². The van der Waals surface area contributed by atoms with E-state index in [1.165, 1.54) is 0 Å². The molecule has 0 saturated carbocycles. The highest BCUT2D eigenvalue weighted by molar-refractivity contribution is 6.29. The van der Waals surface area contributed by atoms with Crippen LogP contribution in [0.3, 0.4) is 0 Å². The summed E-state index contributed by atoms with van der Waals surface area (Å²) >= 11 is 5.82. The lowest BCUT2D eigenvalue weighted by molar-refractivity contribution is 0.508. The van der Waals surface area contributed by atoms with E-state index in [2.05, 4.69) is 16.9 Å². The van der Waals surface area contributed by atoms with Gasteiger partial charge < -0.3 is 5.32 Å². The molecule has 1 aromatic rings. The van der Waals surface area contributed by atoms with Crippen molar-refractivity contribution in [3.63, 3.8) is 0 Å². The molecule has 0 spiro atoms. The first-order valence-electron chi connectivity index (χ1n) is 3.99. The normalized spacial score (nSPS) is 18.2. The van der Waals surface area contributed by atoms with Gasteiger partial charge in [-0.05, 0) is 18.7 Å². The maximum atomic E-state index is 5.82. The maximum Gasteiger partial charge on any atom is 0.259 e. The molecule has 4 heteroatoms. The molecule has 0 amide bonds. The number of quaternary nitrogens is 1. The van der Waals surface area contributed by atoms with Gasteiger partial charge in [0.1, 0.15) is 10.8 Å². The van der Waals surface area contributed by atoms with Crippen molar-refractivity contribution in [1.82, 2.24) is 9.47 Å². The van der Waals surface area contributed by atoms with E-state index in [0.717, 1.165) is 17.3 Å². The molecule has 0 radical (unpaired) electrons. The van der Waals surface area contributed by atoms with Crippen LogP contribution in [0, 0.1) is 0 Å². The van der Waals surface area contributed by atoms with E-state index in [0.29, 0.717) is 9.64 Å². The minimum absolute atomic E-state index is 0.515. The molecule has 0 fully saturated rings. The summed E-state index contributed by atoms with van der Waals surface area (Å²) in [6.07, 6.45) is 0. The van der Waals surface area contributed by atoms with Crippen molar-refractivity contribution in [3.05, 3.63) is 29.7 Å². The van der Waals surface area contributed by atoms with E-state index in [-0.39, 0.29) is 0 Å². The number of hydrogen-bond donors (Lipinski definition) is 1. The molecule has 2 heterocycles. The summed E-state index contributed by atoms with van der Waals surface area (Å²) in [6, 6.07) is 3.69. The molecular weight excluding hydrogens is 186 g/mol. The Morgan fingerprint density at radius 3 is 2.85 bits per heavy atom. The maximum absolute atomic E-state index is 5.82. The standard InChI is InChI=1S/C9H11ClN3/c1-6-11-7-4-5-8(10)12-9(7)13(6,2)3/h4-5,11H,1H2,2-3H3/q+1. The van der Waals surface area contributed by atoms with Crippen LogP contribution in [-0.2, 0) is 0 Å². The lowest BCUT2D eigenvalue weighted by atomic mass is 10.4. The summed E-state index contributed by atoms with van der Waals surface area (Å²) in [5.74, 6) is 1.82. The summed E-state index contributed by atoms with van der Waals surface area (Å²) in [5.41, 5.74) is 0.986. The van der Waals surface area contributed by atoms with Crippen molar-refractivity contribution in [1.29, 1.82) is 0 Å². The minimum atomic E-state index is 0.515. The van der Waals surface area contributed by atoms with Crippen LogP contribution in [0.4, 0.5) is 11.5 Å². The van der Waals surface area contributed by atoms with E-state index in [1.807, 2.05) is 20.2 Å². The number of halogens is 1. The minimum Gasteiger partial charge on any atom is -0.304 e. The van der Waals surface area contributed by atoms with Crippen LogP contribution in [0.2, 0.25) is 5.15 Å². The zero-order valence-corrected chi connectivity index (χ0v) is 8.39. The fourth-order valence-electron chi connectivity index (χ4n) is 1.37. The predicted molar refractivity (Wildman–Crippen MR) is 55.7 cm³/mol. The Kier molecular flexibility index (Phi) is 1.62. The molecule has 1 aliphatic rings. The first kappa shape index (κ1) is 8.53. The molecule has 2 rings (SSSR count). The Hall–Kier alpha value is -1.06. The number of nitrogens with one attached hydrogen (secondary N) is 1. The zero-order valence-electron chi connectivity index (χ0n) is 7.63. The van der Waals surface area contributed by atoms with Gasteiger partial charge in [-0.3, -0.25) is 0 Å². The number of anilines is 1. The molecule has 3 nitrogen and oxygen atoms in total. The summed E-state index contributed by atoms with van der Waals surface area (Å²) in [6.45, 7) is 3.93. The highest BCUT2D eigenvalue weighted by atomic mass is 35.5. The first-order chi connectivity index (χ1) is 6.01. The van der Waals surface area contributed by atoms with Gasteiger partial charge >= 0.3 is 0 Å². The largest absolute Gasteiger partial charge is 0.304 e. The van der Waals surface area contributed by atoms with Crippen molar-refractivity contribution < 1.29 is 0 Å². The molecule has 0 bridgehead atoms. The molecule has 0 aromatic carbocycles. The van der Waals surface area contributed by atoms with Crippen LogP contribution < -0.4 is 9.80 Å². The summed E-state index contributed by atoms with van der Waals surface area (Å²) in [7, 11) is 4.04. The topological polar surface area (TPSA) is 24.9 Å². The lowest BCUT2D eigenvalue weighted by Gasteiger charge is -2.21. The summed E-state index contributed by atoms with van der Waals surface area (Å²) < 4.78 is 0.538. The van der Waals surface area contributed by atoms with Crippen molar-refractivity contribution in [2.24, 2.45) is 0 Å². The average Bonchev–Trinajstić information content (AvgIpc) is 2.27. The number of rotatable bonds is 0. The SMILES string of the molecule is C=C1Nc2ccc(Cl)nc2[N+]1(C)C. The fraction of sp³-hybridized carbons (Fsp3) is 0.222. The second-order valence-electron chi connectivity index (χ2n) is 3.53. The Bertz CT molecular complexity index is 384. The van der Waals surface area contributed by atoms with Crippen LogP contribution in [-0.4, -0.2) is 19.1 Å². The first-order valence-corrected chi connectivity index (χ1v) is 4.37. The van der Waals surface area contributed by atoms with Gasteiger partial charge in [-0.25, -0.2) is 4.48 Å². The Morgan fingerprint density at radius 2 is 2.15 bits per heavy atom. The van der Waals surface area contributed by atoms with Gasteiger partial charge in [0.2, 0.25) is 5.82 Å². The van der Waals surface area contributed by atoms with Crippen LogP contribution in [0.1, 0.15) is 0 Å². The van der Waals surface area contributed by atoms with Gasteiger partial charge in [0.15, 0.2) is 0 Å². The summed E-state index contributed by atoms with van der Waals surface area (Å²) in [5, 5.41) is 3.69. The second-order valence-corrected chi connectivity index (χ2v) is 3.92. The number of pyridine rings is 1. The third kappa shape index (κ3) is 1.12. The van der Waals surface area contributed by atoms with Crippen molar-refractivity contribution >= 4 is 23.1 Å². The van der Waals surface area contributed by atoms with Crippen LogP contribution >= 0.6 is 11.6 Å². The van der Waals surface area contributed by atoms with Crippen molar-refractivity contribution in [3.8, 4) is 0 Å². The average molecular weight is 197 g/mol. The van der Waals surface area contributed by atoms with E-state index in [1.54, 1.807) is 6.07 Å². The van der Waals surface area contributed by atoms with Crippen molar-refractivity contribution in [2.45, 2.75) is 0 Å². The Labute approximate surface area is 82.2 Å². The van der Waals surface area contributed by atoms with Gasteiger partial charge in [-0.1, -0.05) is 11.6 Å². The van der Waals surface area contributed by atoms with E-state index in [4.69, 9.17) is 11.6 Å². The molecule has 68 valence electrons. The lowest BCUT2D eigenvalue weighted by Crippen LogP contribution is -2.37. The van der Waals surface area contributed by atoms with E-state index in [9.17, 15) is 0 Å². The van der Waals surface area contributed by atoms with E-state index >= 15 is 0 Å².